The van der Waals surface area contributed by atoms with Crippen LogP contribution in [0.15, 0.2) is 0 Å². The van der Waals surface area contributed by atoms with E-state index < -0.39 is 11.7 Å². The SMILES string of the molecule is C#CC(C)(C)OCC(O)CN1CCN(C)CC1. The van der Waals surface area contributed by atoms with Gasteiger partial charge in [-0.05, 0) is 20.9 Å². The first-order chi connectivity index (χ1) is 7.93. The van der Waals surface area contributed by atoms with Crippen molar-refractivity contribution < 1.29 is 9.84 Å². The number of hydrogen-bond donors (Lipinski definition) is 1. The third-order valence-electron chi connectivity index (χ3n) is 3.05. The summed E-state index contributed by atoms with van der Waals surface area (Å²) in [7, 11) is 2.12. The van der Waals surface area contributed by atoms with E-state index in [0.29, 0.717) is 13.2 Å². The minimum absolute atomic E-state index is 0.295. The Morgan fingerprint density at radius 3 is 2.47 bits per heavy atom. The highest BCUT2D eigenvalue weighted by atomic mass is 16.5. The number of likely N-dealkylation sites (N-methyl/N-ethyl adjacent to an activating group) is 1. The molecule has 0 amide bonds. The zero-order chi connectivity index (χ0) is 12.9. The fourth-order valence-corrected chi connectivity index (χ4v) is 1.73. The molecule has 17 heavy (non-hydrogen) atoms. The number of β-amino-alcohol motifs (C(OH)–C–C–N with tert-alkyl or cyclic N) is 1. The van der Waals surface area contributed by atoms with Crippen LogP contribution in [-0.4, -0.2) is 73.0 Å². The van der Waals surface area contributed by atoms with Crippen LogP contribution in [0.2, 0.25) is 0 Å². The van der Waals surface area contributed by atoms with Crippen LogP contribution in [0.1, 0.15) is 13.8 Å². The van der Waals surface area contributed by atoms with Crippen molar-refractivity contribution in [1.29, 1.82) is 0 Å². The van der Waals surface area contributed by atoms with Gasteiger partial charge in [-0.3, -0.25) is 4.90 Å². The minimum atomic E-state index is -0.594. The Labute approximate surface area is 105 Å². The Balaban J connectivity index is 2.21. The van der Waals surface area contributed by atoms with E-state index in [1.807, 2.05) is 13.8 Å². The zero-order valence-corrected chi connectivity index (χ0v) is 11.1. The molecule has 1 N–H and O–H groups in total. The lowest BCUT2D eigenvalue weighted by atomic mass is 10.1. The summed E-state index contributed by atoms with van der Waals surface area (Å²) in [5.41, 5.74) is -0.594. The van der Waals surface area contributed by atoms with Crippen LogP contribution in [0.3, 0.4) is 0 Å². The van der Waals surface area contributed by atoms with Gasteiger partial charge >= 0.3 is 0 Å². The van der Waals surface area contributed by atoms with Gasteiger partial charge in [-0.25, -0.2) is 0 Å². The molecule has 1 heterocycles. The highest BCUT2D eigenvalue weighted by Crippen LogP contribution is 2.08. The van der Waals surface area contributed by atoms with Gasteiger partial charge in [0.25, 0.3) is 0 Å². The molecule has 1 rings (SSSR count). The molecule has 0 aliphatic carbocycles. The van der Waals surface area contributed by atoms with Gasteiger partial charge < -0.3 is 14.7 Å². The van der Waals surface area contributed by atoms with Crippen molar-refractivity contribution in [2.75, 3.05) is 46.4 Å². The van der Waals surface area contributed by atoms with E-state index in [2.05, 4.69) is 22.8 Å². The molecule has 98 valence electrons. The van der Waals surface area contributed by atoms with E-state index in [1.54, 1.807) is 0 Å². The van der Waals surface area contributed by atoms with Crippen LogP contribution < -0.4 is 0 Å². The molecule has 1 aliphatic heterocycles. The smallest absolute Gasteiger partial charge is 0.122 e. The van der Waals surface area contributed by atoms with Gasteiger partial charge in [0, 0.05) is 32.7 Å². The Morgan fingerprint density at radius 2 is 1.94 bits per heavy atom. The van der Waals surface area contributed by atoms with Gasteiger partial charge in [0.15, 0.2) is 0 Å². The average molecular weight is 240 g/mol. The van der Waals surface area contributed by atoms with Crippen molar-refractivity contribution in [3.05, 3.63) is 0 Å². The molecule has 1 aliphatic rings. The highest BCUT2D eigenvalue weighted by Gasteiger charge is 2.20. The van der Waals surface area contributed by atoms with Crippen LogP contribution in [0, 0.1) is 12.3 Å². The fraction of sp³-hybridized carbons (Fsp3) is 0.846. The third-order valence-corrected chi connectivity index (χ3v) is 3.05. The molecule has 0 radical (unpaired) electrons. The Kier molecular flexibility index (Phi) is 5.41. The van der Waals surface area contributed by atoms with Crippen LogP contribution in [-0.2, 0) is 4.74 Å². The standard InChI is InChI=1S/C13H24N2O2/c1-5-13(2,3)17-11-12(16)10-15-8-6-14(4)7-9-15/h1,12,16H,6-11H2,2-4H3. The van der Waals surface area contributed by atoms with Crippen molar-refractivity contribution >= 4 is 0 Å². The first-order valence-electron chi connectivity index (χ1n) is 6.13. The summed E-state index contributed by atoms with van der Waals surface area (Å²) >= 11 is 0. The highest BCUT2D eigenvalue weighted by molar-refractivity contribution is 5.02. The number of hydrogen-bond acceptors (Lipinski definition) is 4. The topological polar surface area (TPSA) is 35.9 Å². The summed E-state index contributed by atoms with van der Waals surface area (Å²) in [6.07, 6.45) is 4.85. The van der Waals surface area contributed by atoms with E-state index in [0.717, 1.165) is 26.2 Å². The molecule has 0 spiro atoms. The largest absolute Gasteiger partial charge is 0.389 e. The second kappa shape index (κ2) is 6.36. The summed E-state index contributed by atoms with van der Waals surface area (Å²) < 4.78 is 5.48. The predicted molar refractivity (Wildman–Crippen MR) is 68.8 cm³/mol. The number of ether oxygens (including phenoxy) is 1. The summed E-state index contributed by atoms with van der Waals surface area (Å²) in [5, 5.41) is 9.88. The van der Waals surface area contributed by atoms with Gasteiger partial charge in [-0.15, -0.1) is 6.42 Å². The van der Waals surface area contributed by atoms with Gasteiger partial charge in [-0.1, -0.05) is 5.92 Å². The number of aliphatic hydroxyl groups is 1. The molecule has 0 aromatic carbocycles. The lowest BCUT2D eigenvalue weighted by Gasteiger charge is -2.33. The van der Waals surface area contributed by atoms with Crippen LogP contribution in [0.5, 0.6) is 0 Å². The lowest BCUT2D eigenvalue weighted by Crippen LogP contribution is -2.48. The van der Waals surface area contributed by atoms with Gasteiger partial charge in [-0.2, -0.15) is 0 Å². The number of rotatable bonds is 5. The summed E-state index contributed by atoms with van der Waals surface area (Å²) in [5.74, 6) is 2.55. The molecule has 1 saturated heterocycles. The Bertz CT molecular complexity index is 265. The van der Waals surface area contributed by atoms with Crippen molar-refractivity contribution in [3.63, 3.8) is 0 Å². The van der Waals surface area contributed by atoms with Crippen molar-refractivity contribution in [2.45, 2.75) is 25.6 Å². The third kappa shape index (κ3) is 5.51. The summed E-state index contributed by atoms with van der Waals surface area (Å²) in [6, 6.07) is 0. The molecular formula is C13H24N2O2. The Hall–Kier alpha value is -0.600. The minimum Gasteiger partial charge on any atom is -0.389 e. The molecule has 4 heteroatoms. The first-order valence-corrected chi connectivity index (χ1v) is 6.13. The maximum absolute atomic E-state index is 9.88. The van der Waals surface area contributed by atoms with Crippen LogP contribution in [0.25, 0.3) is 0 Å². The molecule has 4 nitrogen and oxygen atoms in total. The molecule has 0 aromatic rings. The second-order valence-corrected chi connectivity index (χ2v) is 5.22. The van der Waals surface area contributed by atoms with Crippen LogP contribution >= 0.6 is 0 Å². The van der Waals surface area contributed by atoms with E-state index in [1.165, 1.54) is 0 Å². The maximum atomic E-state index is 9.88. The normalized spacial score (nSPS) is 21.1. The molecule has 1 atom stereocenters. The van der Waals surface area contributed by atoms with E-state index in [4.69, 9.17) is 11.2 Å². The maximum Gasteiger partial charge on any atom is 0.122 e. The quantitative estimate of drug-likeness (QED) is 0.688. The van der Waals surface area contributed by atoms with E-state index in [9.17, 15) is 5.11 Å². The van der Waals surface area contributed by atoms with Crippen LogP contribution in [0.4, 0.5) is 0 Å². The van der Waals surface area contributed by atoms with Crippen molar-refractivity contribution in [2.24, 2.45) is 0 Å². The molecule has 1 unspecified atom stereocenters. The average Bonchev–Trinajstić information content (AvgIpc) is 2.30. The monoisotopic (exact) mass is 240 g/mol. The molecule has 0 aromatic heterocycles. The first kappa shape index (κ1) is 14.5. The van der Waals surface area contributed by atoms with E-state index in [-0.39, 0.29) is 0 Å². The van der Waals surface area contributed by atoms with Crippen molar-refractivity contribution in [1.82, 2.24) is 9.80 Å². The summed E-state index contributed by atoms with van der Waals surface area (Å²) in [4.78, 5) is 4.55. The molecular weight excluding hydrogens is 216 g/mol. The lowest BCUT2D eigenvalue weighted by molar-refractivity contribution is -0.0402. The number of piperazine rings is 1. The van der Waals surface area contributed by atoms with Gasteiger partial charge in [0.2, 0.25) is 0 Å². The predicted octanol–water partition coefficient (Wildman–Crippen LogP) is 0.0231. The molecule has 0 bridgehead atoms. The number of nitrogens with zero attached hydrogens (tertiary/aromatic N) is 2. The number of terminal acetylenes is 1. The van der Waals surface area contributed by atoms with Gasteiger partial charge in [0.1, 0.15) is 5.60 Å². The second-order valence-electron chi connectivity index (χ2n) is 5.22. The number of aliphatic hydroxyl groups excluding tert-OH is 1. The molecule has 1 fully saturated rings. The van der Waals surface area contributed by atoms with Crippen molar-refractivity contribution in [3.8, 4) is 12.3 Å². The van der Waals surface area contributed by atoms with E-state index >= 15 is 0 Å². The Morgan fingerprint density at radius 1 is 1.35 bits per heavy atom. The fourth-order valence-electron chi connectivity index (χ4n) is 1.73. The summed E-state index contributed by atoms with van der Waals surface area (Å²) in [6.45, 7) is 8.74. The molecule has 0 saturated carbocycles. The zero-order valence-electron chi connectivity index (χ0n) is 11.1. The van der Waals surface area contributed by atoms with Gasteiger partial charge in [0.05, 0.1) is 12.7 Å².